The van der Waals surface area contributed by atoms with Gasteiger partial charge in [-0.25, -0.2) is 0 Å². The molecule has 0 aromatic heterocycles. The van der Waals surface area contributed by atoms with Gasteiger partial charge in [0, 0.05) is 6.54 Å². The third kappa shape index (κ3) is 5.84. The van der Waals surface area contributed by atoms with E-state index in [9.17, 15) is 0 Å². The number of hydrogen-bond acceptors (Lipinski definition) is 4. The summed E-state index contributed by atoms with van der Waals surface area (Å²) in [4.78, 5) is 0. The van der Waals surface area contributed by atoms with Crippen LogP contribution in [0.5, 0.6) is 0 Å². The van der Waals surface area contributed by atoms with Gasteiger partial charge in [0.15, 0.2) is 0 Å². The SMILES string of the molecule is NCCOC(N)O. The first-order valence-corrected chi connectivity index (χ1v) is 2.02. The fourth-order valence-corrected chi connectivity index (χ4v) is 0.189. The molecule has 5 N–H and O–H groups in total. The minimum atomic E-state index is -1.18. The Morgan fingerprint density at radius 1 is 1.71 bits per heavy atom. The Kier molecular flexibility index (Phi) is 3.92. The Bertz CT molecular complexity index is 39.9. The van der Waals surface area contributed by atoms with Crippen molar-refractivity contribution < 1.29 is 9.84 Å². The van der Waals surface area contributed by atoms with Gasteiger partial charge in [-0.2, -0.15) is 0 Å². The van der Waals surface area contributed by atoms with Gasteiger partial charge in [-0.3, -0.25) is 5.73 Å². The van der Waals surface area contributed by atoms with Crippen molar-refractivity contribution in [2.75, 3.05) is 13.2 Å². The first kappa shape index (κ1) is 6.84. The quantitative estimate of drug-likeness (QED) is 0.371. The van der Waals surface area contributed by atoms with Crippen LogP contribution in [0.1, 0.15) is 0 Å². The first-order chi connectivity index (χ1) is 3.27. The summed E-state index contributed by atoms with van der Waals surface area (Å²) in [6, 6.07) is 0. The zero-order chi connectivity index (χ0) is 5.70. The smallest absolute Gasteiger partial charge is 0.210 e. The lowest BCUT2D eigenvalue weighted by Crippen LogP contribution is -2.25. The molecule has 7 heavy (non-hydrogen) atoms. The molecule has 0 aromatic rings. The van der Waals surface area contributed by atoms with Gasteiger partial charge < -0.3 is 15.6 Å². The van der Waals surface area contributed by atoms with E-state index in [1.54, 1.807) is 0 Å². The molecule has 44 valence electrons. The molecule has 4 heteroatoms. The highest BCUT2D eigenvalue weighted by molar-refractivity contribution is 4.27. The summed E-state index contributed by atoms with van der Waals surface area (Å²) in [6.45, 7) is 0.686. The van der Waals surface area contributed by atoms with Crippen LogP contribution in [0, 0.1) is 0 Å². The van der Waals surface area contributed by atoms with E-state index in [2.05, 4.69) is 4.74 Å². The van der Waals surface area contributed by atoms with E-state index >= 15 is 0 Å². The first-order valence-electron chi connectivity index (χ1n) is 2.02. The molecule has 0 aliphatic carbocycles. The van der Waals surface area contributed by atoms with Crippen LogP contribution in [-0.2, 0) is 4.74 Å². The molecule has 0 saturated heterocycles. The molecule has 0 saturated carbocycles. The van der Waals surface area contributed by atoms with Gasteiger partial charge in [0.25, 0.3) is 0 Å². The van der Waals surface area contributed by atoms with Crippen LogP contribution < -0.4 is 11.5 Å². The normalized spacial score (nSPS) is 14.1. The largest absolute Gasteiger partial charge is 0.356 e. The van der Waals surface area contributed by atoms with Gasteiger partial charge in [0.05, 0.1) is 6.61 Å². The Hall–Kier alpha value is -0.160. The zero-order valence-electron chi connectivity index (χ0n) is 4.00. The van der Waals surface area contributed by atoms with Crippen LogP contribution >= 0.6 is 0 Å². The molecule has 0 aliphatic rings. The summed E-state index contributed by atoms with van der Waals surface area (Å²) in [5.41, 5.74) is 9.74. The Balaban J connectivity index is 2.68. The predicted octanol–water partition coefficient (Wildman–Crippen LogP) is -1.80. The molecule has 0 aromatic carbocycles. The van der Waals surface area contributed by atoms with Gasteiger partial charge in [0.2, 0.25) is 6.41 Å². The molecule has 1 atom stereocenters. The van der Waals surface area contributed by atoms with E-state index < -0.39 is 6.41 Å². The summed E-state index contributed by atoms with van der Waals surface area (Å²) in [6.07, 6.45) is -1.18. The third-order valence-electron chi connectivity index (χ3n) is 0.406. The van der Waals surface area contributed by atoms with E-state index in [-0.39, 0.29) is 0 Å². The van der Waals surface area contributed by atoms with Gasteiger partial charge in [-0.05, 0) is 0 Å². The number of ether oxygens (including phenoxy) is 1. The van der Waals surface area contributed by atoms with Crippen molar-refractivity contribution >= 4 is 0 Å². The highest BCUT2D eigenvalue weighted by Crippen LogP contribution is 1.70. The van der Waals surface area contributed by atoms with Crippen LogP contribution in [0.3, 0.4) is 0 Å². The number of hydrogen-bond donors (Lipinski definition) is 3. The van der Waals surface area contributed by atoms with E-state index in [4.69, 9.17) is 16.6 Å². The molecule has 0 rings (SSSR count). The van der Waals surface area contributed by atoms with Gasteiger partial charge in [-0.15, -0.1) is 0 Å². The minimum absolute atomic E-state index is 0.303. The molecule has 0 fully saturated rings. The van der Waals surface area contributed by atoms with Gasteiger partial charge in [-0.1, -0.05) is 0 Å². The summed E-state index contributed by atoms with van der Waals surface area (Å²) in [5, 5.41) is 8.18. The van der Waals surface area contributed by atoms with Gasteiger partial charge in [0.1, 0.15) is 0 Å². The number of rotatable bonds is 3. The standard InChI is InChI=1S/C3H10N2O2/c4-1-2-7-3(5)6/h3,6H,1-2,4-5H2. The highest BCUT2D eigenvalue weighted by Gasteiger charge is 1.88. The maximum atomic E-state index is 8.18. The third-order valence-corrected chi connectivity index (χ3v) is 0.406. The molecule has 0 bridgehead atoms. The lowest BCUT2D eigenvalue weighted by Gasteiger charge is -2.01. The summed E-state index contributed by atoms with van der Waals surface area (Å²) < 4.78 is 4.40. The van der Waals surface area contributed by atoms with Crippen LogP contribution in [0.4, 0.5) is 0 Å². The van der Waals surface area contributed by atoms with E-state index in [0.29, 0.717) is 13.2 Å². The average Bonchev–Trinajstić information content (AvgIpc) is 1.61. The van der Waals surface area contributed by atoms with Crippen LogP contribution in [0.2, 0.25) is 0 Å². The van der Waals surface area contributed by atoms with Crippen molar-refractivity contribution in [2.45, 2.75) is 6.41 Å². The second kappa shape index (κ2) is 4.01. The van der Waals surface area contributed by atoms with Crippen molar-refractivity contribution in [2.24, 2.45) is 11.5 Å². The zero-order valence-corrected chi connectivity index (χ0v) is 4.00. The lowest BCUT2D eigenvalue weighted by atomic mass is 10.7. The van der Waals surface area contributed by atoms with Crippen LogP contribution in [0.25, 0.3) is 0 Å². The van der Waals surface area contributed by atoms with E-state index in [1.807, 2.05) is 0 Å². The second-order valence-corrected chi connectivity index (χ2v) is 1.05. The number of aliphatic hydroxyl groups is 1. The molecular weight excluding hydrogens is 96.0 g/mol. The van der Waals surface area contributed by atoms with Crippen molar-refractivity contribution in [3.63, 3.8) is 0 Å². The van der Waals surface area contributed by atoms with Crippen molar-refractivity contribution in [1.82, 2.24) is 0 Å². The maximum absolute atomic E-state index is 8.18. The Labute approximate surface area is 42.1 Å². The molecule has 0 heterocycles. The molecule has 0 aliphatic heterocycles. The van der Waals surface area contributed by atoms with E-state index in [1.165, 1.54) is 0 Å². The monoisotopic (exact) mass is 106 g/mol. The average molecular weight is 106 g/mol. The molecule has 0 radical (unpaired) electrons. The number of nitrogens with two attached hydrogens (primary N) is 2. The fourth-order valence-electron chi connectivity index (χ4n) is 0.189. The highest BCUT2D eigenvalue weighted by atomic mass is 16.6. The molecule has 4 nitrogen and oxygen atoms in total. The second-order valence-electron chi connectivity index (χ2n) is 1.05. The summed E-state index contributed by atoms with van der Waals surface area (Å²) in [5.74, 6) is 0. The Morgan fingerprint density at radius 2 is 2.29 bits per heavy atom. The lowest BCUT2D eigenvalue weighted by molar-refractivity contribution is -0.0908. The van der Waals surface area contributed by atoms with Gasteiger partial charge >= 0.3 is 0 Å². The molecule has 0 amide bonds. The molecule has 0 spiro atoms. The summed E-state index contributed by atoms with van der Waals surface area (Å²) >= 11 is 0. The molecule has 1 unspecified atom stereocenters. The topological polar surface area (TPSA) is 81.5 Å². The fraction of sp³-hybridized carbons (Fsp3) is 1.00. The number of aliphatic hydroxyl groups excluding tert-OH is 1. The van der Waals surface area contributed by atoms with Crippen LogP contribution in [-0.4, -0.2) is 24.7 Å². The van der Waals surface area contributed by atoms with Crippen molar-refractivity contribution in [3.05, 3.63) is 0 Å². The Morgan fingerprint density at radius 3 is 2.43 bits per heavy atom. The maximum Gasteiger partial charge on any atom is 0.210 e. The van der Waals surface area contributed by atoms with E-state index in [0.717, 1.165) is 0 Å². The molecular formula is C3H10N2O2. The summed E-state index contributed by atoms with van der Waals surface area (Å²) in [7, 11) is 0. The van der Waals surface area contributed by atoms with Crippen LogP contribution in [0.15, 0.2) is 0 Å². The van der Waals surface area contributed by atoms with Crippen molar-refractivity contribution in [1.29, 1.82) is 0 Å². The minimum Gasteiger partial charge on any atom is -0.356 e. The van der Waals surface area contributed by atoms with Crippen molar-refractivity contribution in [3.8, 4) is 0 Å². The predicted molar refractivity (Wildman–Crippen MR) is 25.2 cm³/mol.